The molecule has 0 spiro atoms. The maximum atomic E-state index is 5.35. The minimum Gasteiger partial charge on any atom is -0.380 e. The number of hydrogen-bond acceptors (Lipinski definition) is 2. The molecule has 0 fully saturated rings. The molecule has 1 heterocycles. The number of hydrogen-bond donors (Lipinski definition) is 1. The molecule has 1 aliphatic carbocycles. The fourth-order valence-corrected chi connectivity index (χ4v) is 2.85. The molecule has 3 heteroatoms. The van der Waals surface area contributed by atoms with E-state index in [4.69, 9.17) is 4.74 Å². The normalized spacial score (nSPS) is 21.4. The summed E-state index contributed by atoms with van der Waals surface area (Å²) in [5, 5.41) is 3.62. The molecule has 0 aliphatic heterocycles. The zero-order valence-electron chi connectivity index (χ0n) is 11.9. The van der Waals surface area contributed by atoms with Crippen LogP contribution in [0.15, 0.2) is 12.4 Å². The largest absolute Gasteiger partial charge is 0.380 e. The second-order valence-electron chi connectivity index (χ2n) is 5.34. The summed E-state index contributed by atoms with van der Waals surface area (Å²) in [6.07, 6.45) is 10.1. The highest BCUT2D eigenvalue weighted by Gasteiger charge is 2.20. The third-order valence-electron chi connectivity index (χ3n) is 3.88. The molecule has 0 amide bonds. The summed E-state index contributed by atoms with van der Waals surface area (Å²) in [4.78, 5) is 0. The fraction of sp³-hybridized carbons (Fsp3) is 0.733. The van der Waals surface area contributed by atoms with Crippen LogP contribution in [-0.2, 0) is 17.7 Å². The van der Waals surface area contributed by atoms with Gasteiger partial charge in [0.1, 0.15) is 0 Å². The van der Waals surface area contributed by atoms with Crippen LogP contribution >= 0.6 is 0 Å². The van der Waals surface area contributed by atoms with E-state index in [1.165, 1.54) is 36.8 Å². The Kier molecular flexibility index (Phi) is 4.84. The van der Waals surface area contributed by atoms with E-state index in [1.807, 2.05) is 0 Å². The molecule has 1 N–H and O–H groups in total. The molecule has 2 unspecified atom stereocenters. The van der Waals surface area contributed by atoms with Crippen LogP contribution in [0.3, 0.4) is 0 Å². The Labute approximate surface area is 111 Å². The van der Waals surface area contributed by atoms with Gasteiger partial charge in [0.2, 0.25) is 0 Å². The molecule has 1 aromatic rings. The lowest BCUT2D eigenvalue weighted by Crippen LogP contribution is -2.20. The zero-order chi connectivity index (χ0) is 13.0. The number of aryl methyl sites for hydroxylation is 1. The molecular formula is C15H26N2O. The van der Waals surface area contributed by atoms with Crippen molar-refractivity contribution in [2.24, 2.45) is 0 Å². The van der Waals surface area contributed by atoms with Gasteiger partial charge in [0, 0.05) is 32.1 Å². The number of rotatable bonds is 5. The molecule has 0 saturated carbocycles. The van der Waals surface area contributed by atoms with Gasteiger partial charge < -0.3 is 14.6 Å². The lowest BCUT2D eigenvalue weighted by Gasteiger charge is -2.16. The Morgan fingerprint density at radius 2 is 2.28 bits per heavy atom. The van der Waals surface area contributed by atoms with Crippen molar-refractivity contribution in [3.63, 3.8) is 0 Å². The van der Waals surface area contributed by atoms with E-state index in [-0.39, 0.29) is 6.10 Å². The van der Waals surface area contributed by atoms with E-state index in [1.54, 1.807) is 7.11 Å². The topological polar surface area (TPSA) is 26.2 Å². The predicted octanol–water partition coefficient (Wildman–Crippen LogP) is 2.90. The number of nitrogens with zero attached hydrogens (tertiary/aromatic N) is 1. The second kappa shape index (κ2) is 6.39. The minimum absolute atomic E-state index is 0.277. The van der Waals surface area contributed by atoms with E-state index in [9.17, 15) is 0 Å². The minimum atomic E-state index is 0.277. The zero-order valence-corrected chi connectivity index (χ0v) is 11.9. The lowest BCUT2D eigenvalue weighted by molar-refractivity contribution is 0.103. The van der Waals surface area contributed by atoms with Crippen molar-refractivity contribution in [2.75, 3.05) is 13.7 Å². The maximum Gasteiger partial charge on any atom is 0.0721 e. The SMILES string of the molecule is CCNC1CCCCc2cn(CC(C)OC)cc21. The van der Waals surface area contributed by atoms with Gasteiger partial charge in [-0.25, -0.2) is 0 Å². The number of fused-ring (bicyclic) bond motifs is 1. The van der Waals surface area contributed by atoms with Crippen LogP contribution in [0.25, 0.3) is 0 Å². The Hall–Kier alpha value is -0.800. The third kappa shape index (κ3) is 3.15. The molecule has 0 aromatic carbocycles. The van der Waals surface area contributed by atoms with Crippen LogP contribution in [0.5, 0.6) is 0 Å². The summed E-state index contributed by atoms with van der Waals surface area (Å²) in [6, 6.07) is 0.548. The first-order valence-electron chi connectivity index (χ1n) is 7.19. The molecule has 18 heavy (non-hydrogen) atoms. The first-order valence-corrected chi connectivity index (χ1v) is 7.19. The molecule has 102 valence electrons. The monoisotopic (exact) mass is 250 g/mol. The third-order valence-corrected chi connectivity index (χ3v) is 3.88. The van der Waals surface area contributed by atoms with E-state index in [0.29, 0.717) is 6.04 Å². The van der Waals surface area contributed by atoms with E-state index in [2.05, 4.69) is 36.1 Å². The van der Waals surface area contributed by atoms with Crippen molar-refractivity contribution in [3.8, 4) is 0 Å². The Bertz CT molecular complexity index is 373. The van der Waals surface area contributed by atoms with Crippen LogP contribution in [0.4, 0.5) is 0 Å². The maximum absolute atomic E-state index is 5.35. The lowest BCUT2D eigenvalue weighted by atomic mass is 10.0. The highest BCUT2D eigenvalue weighted by atomic mass is 16.5. The molecule has 0 saturated heterocycles. The Morgan fingerprint density at radius 3 is 3.00 bits per heavy atom. The van der Waals surface area contributed by atoms with Gasteiger partial charge in [-0.3, -0.25) is 0 Å². The first kappa shape index (κ1) is 13.6. The highest BCUT2D eigenvalue weighted by molar-refractivity contribution is 5.29. The van der Waals surface area contributed by atoms with Crippen molar-refractivity contribution in [1.82, 2.24) is 9.88 Å². The molecule has 2 rings (SSSR count). The van der Waals surface area contributed by atoms with Gasteiger partial charge in [-0.1, -0.05) is 13.3 Å². The first-order chi connectivity index (χ1) is 8.74. The summed E-state index contributed by atoms with van der Waals surface area (Å²) in [5.41, 5.74) is 3.04. The van der Waals surface area contributed by atoms with Crippen LogP contribution in [0.1, 0.15) is 50.3 Å². The fourth-order valence-electron chi connectivity index (χ4n) is 2.85. The van der Waals surface area contributed by atoms with E-state index in [0.717, 1.165) is 13.1 Å². The smallest absolute Gasteiger partial charge is 0.0721 e. The molecule has 0 bridgehead atoms. The Morgan fingerprint density at radius 1 is 1.44 bits per heavy atom. The van der Waals surface area contributed by atoms with Gasteiger partial charge in [0.05, 0.1) is 6.10 Å². The van der Waals surface area contributed by atoms with Gasteiger partial charge in [-0.2, -0.15) is 0 Å². The predicted molar refractivity (Wildman–Crippen MR) is 74.9 cm³/mol. The van der Waals surface area contributed by atoms with Crippen molar-refractivity contribution in [1.29, 1.82) is 0 Å². The average Bonchev–Trinajstić information content (AvgIpc) is 2.67. The quantitative estimate of drug-likeness (QED) is 0.813. The van der Waals surface area contributed by atoms with Crippen LogP contribution in [-0.4, -0.2) is 24.3 Å². The van der Waals surface area contributed by atoms with Gasteiger partial charge in [-0.15, -0.1) is 0 Å². The highest BCUT2D eigenvalue weighted by Crippen LogP contribution is 2.29. The van der Waals surface area contributed by atoms with E-state index >= 15 is 0 Å². The summed E-state index contributed by atoms with van der Waals surface area (Å²) < 4.78 is 7.65. The van der Waals surface area contributed by atoms with Gasteiger partial charge in [-0.05, 0) is 43.9 Å². The van der Waals surface area contributed by atoms with Crippen LogP contribution in [0, 0.1) is 0 Å². The molecule has 1 aromatic heterocycles. The van der Waals surface area contributed by atoms with Gasteiger partial charge >= 0.3 is 0 Å². The summed E-state index contributed by atoms with van der Waals surface area (Å²) in [6.45, 7) is 6.30. The van der Waals surface area contributed by atoms with Crippen molar-refractivity contribution in [3.05, 3.63) is 23.5 Å². The molecule has 2 atom stereocenters. The van der Waals surface area contributed by atoms with E-state index < -0.39 is 0 Å². The molecule has 0 radical (unpaired) electrons. The van der Waals surface area contributed by atoms with Crippen LogP contribution in [0.2, 0.25) is 0 Å². The Balaban J connectivity index is 2.16. The second-order valence-corrected chi connectivity index (χ2v) is 5.34. The number of ether oxygens (including phenoxy) is 1. The molecular weight excluding hydrogens is 224 g/mol. The number of aromatic nitrogens is 1. The van der Waals surface area contributed by atoms with Gasteiger partial charge in [0.15, 0.2) is 0 Å². The number of methoxy groups -OCH3 is 1. The molecule has 1 aliphatic rings. The summed E-state index contributed by atoms with van der Waals surface area (Å²) >= 11 is 0. The standard InChI is InChI=1S/C15H26N2O/c1-4-16-15-8-6-5-7-13-10-17(11-14(13)15)9-12(2)18-3/h10-12,15-16H,4-9H2,1-3H3. The van der Waals surface area contributed by atoms with Crippen molar-refractivity contribution >= 4 is 0 Å². The summed E-state index contributed by atoms with van der Waals surface area (Å²) in [5.74, 6) is 0. The average molecular weight is 250 g/mol. The van der Waals surface area contributed by atoms with Crippen molar-refractivity contribution < 1.29 is 4.74 Å². The summed E-state index contributed by atoms with van der Waals surface area (Å²) in [7, 11) is 1.78. The van der Waals surface area contributed by atoms with Crippen LogP contribution < -0.4 is 5.32 Å². The number of nitrogens with one attached hydrogen (secondary N) is 1. The van der Waals surface area contributed by atoms with Gasteiger partial charge in [0.25, 0.3) is 0 Å². The van der Waals surface area contributed by atoms with Crippen molar-refractivity contribution in [2.45, 2.75) is 58.2 Å². The molecule has 3 nitrogen and oxygen atoms in total.